The largest absolute Gasteiger partial charge is 0.296 e. The maximum absolute atomic E-state index is 9.32. The fourth-order valence-electron chi connectivity index (χ4n) is 2.82. The minimum Gasteiger partial charge on any atom is -0.296 e. The molecule has 0 radical (unpaired) electrons. The van der Waals surface area contributed by atoms with E-state index in [0.29, 0.717) is 6.04 Å². The van der Waals surface area contributed by atoms with E-state index in [9.17, 15) is 5.26 Å². The highest BCUT2D eigenvalue weighted by molar-refractivity contribution is 7.09. The number of aromatic nitrogens is 1. The summed E-state index contributed by atoms with van der Waals surface area (Å²) >= 11 is 1.70. The third-order valence-corrected chi connectivity index (χ3v) is 4.61. The van der Waals surface area contributed by atoms with Gasteiger partial charge in [0.05, 0.1) is 22.7 Å². The Balaban J connectivity index is 2.01. The molecule has 0 amide bonds. The molecule has 1 aromatic rings. The zero-order valence-electron chi connectivity index (χ0n) is 11.2. The van der Waals surface area contributed by atoms with Crippen LogP contribution in [0, 0.1) is 24.2 Å². The van der Waals surface area contributed by atoms with Crippen LogP contribution in [0.15, 0.2) is 5.38 Å². The molecule has 1 aliphatic carbocycles. The van der Waals surface area contributed by atoms with Crippen molar-refractivity contribution in [3.8, 4) is 6.07 Å². The van der Waals surface area contributed by atoms with Crippen LogP contribution in [0.3, 0.4) is 0 Å². The van der Waals surface area contributed by atoms with Gasteiger partial charge in [0, 0.05) is 18.0 Å². The predicted molar refractivity (Wildman–Crippen MR) is 74.3 cm³/mol. The van der Waals surface area contributed by atoms with Gasteiger partial charge >= 0.3 is 0 Å². The quantitative estimate of drug-likeness (QED) is 0.785. The van der Waals surface area contributed by atoms with E-state index in [1.807, 2.05) is 6.92 Å². The minimum atomic E-state index is 0.192. The fourth-order valence-corrected chi connectivity index (χ4v) is 3.42. The molecule has 2 unspecified atom stereocenters. The standard InChI is InChI=1S/C14H21N3S/c1-11-16-13(10-18-11)9-17(2)14-7-5-3-4-6-12(14)8-15/h10,12,14H,3-7,9H2,1-2H3. The molecule has 0 aromatic carbocycles. The second kappa shape index (κ2) is 6.31. The van der Waals surface area contributed by atoms with Crippen molar-refractivity contribution >= 4 is 11.3 Å². The van der Waals surface area contributed by atoms with E-state index >= 15 is 0 Å². The summed E-state index contributed by atoms with van der Waals surface area (Å²) in [6, 6.07) is 2.91. The van der Waals surface area contributed by atoms with Crippen molar-refractivity contribution in [2.75, 3.05) is 7.05 Å². The van der Waals surface area contributed by atoms with Crippen molar-refractivity contribution in [1.82, 2.24) is 9.88 Å². The lowest BCUT2D eigenvalue weighted by Gasteiger charge is -2.29. The average molecular weight is 263 g/mol. The summed E-state index contributed by atoms with van der Waals surface area (Å²) in [4.78, 5) is 6.84. The van der Waals surface area contributed by atoms with Gasteiger partial charge in [0.1, 0.15) is 0 Å². The van der Waals surface area contributed by atoms with Gasteiger partial charge < -0.3 is 0 Å². The van der Waals surface area contributed by atoms with Crippen LogP contribution in [0.2, 0.25) is 0 Å². The summed E-state index contributed by atoms with van der Waals surface area (Å²) in [5.74, 6) is 0.192. The molecule has 1 aliphatic rings. The van der Waals surface area contributed by atoms with Gasteiger partial charge in [-0.1, -0.05) is 19.3 Å². The monoisotopic (exact) mass is 263 g/mol. The second-order valence-corrected chi connectivity index (χ2v) is 6.28. The van der Waals surface area contributed by atoms with Gasteiger partial charge in [-0.2, -0.15) is 5.26 Å². The van der Waals surface area contributed by atoms with Gasteiger partial charge in [0.25, 0.3) is 0 Å². The molecular weight excluding hydrogens is 242 g/mol. The maximum Gasteiger partial charge on any atom is 0.0897 e. The molecule has 0 aliphatic heterocycles. The average Bonchev–Trinajstić information content (AvgIpc) is 2.65. The Bertz CT molecular complexity index is 421. The Labute approximate surface area is 113 Å². The van der Waals surface area contributed by atoms with Crippen LogP contribution in [-0.2, 0) is 6.54 Å². The summed E-state index contributed by atoms with van der Waals surface area (Å²) < 4.78 is 0. The summed E-state index contributed by atoms with van der Waals surface area (Å²) in [7, 11) is 2.13. The van der Waals surface area contributed by atoms with Crippen LogP contribution in [0.1, 0.15) is 42.8 Å². The first kappa shape index (κ1) is 13.5. The molecule has 0 saturated heterocycles. The van der Waals surface area contributed by atoms with E-state index in [4.69, 9.17) is 0 Å². The third-order valence-electron chi connectivity index (χ3n) is 3.79. The first-order valence-corrected chi connectivity index (χ1v) is 7.59. The lowest BCUT2D eigenvalue weighted by molar-refractivity contribution is 0.181. The van der Waals surface area contributed by atoms with E-state index < -0.39 is 0 Å². The van der Waals surface area contributed by atoms with Crippen molar-refractivity contribution in [2.45, 2.75) is 51.6 Å². The van der Waals surface area contributed by atoms with E-state index in [2.05, 4.69) is 28.4 Å². The Morgan fingerprint density at radius 3 is 2.89 bits per heavy atom. The topological polar surface area (TPSA) is 39.9 Å². The summed E-state index contributed by atoms with van der Waals surface area (Å²) in [5.41, 5.74) is 1.14. The smallest absolute Gasteiger partial charge is 0.0897 e. The second-order valence-electron chi connectivity index (χ2n) is 5.21. The Morgan fingerprint density at radius 2 is 2.22 bits per heavy atom. The fraction of sp³-hybridized carbons (Fsp3) is 0.714. The van der Waals surface area contributed by atoms with Gasteiger partial charge in [-0.25, -0.2) is 4.98 Å². The van der Waals surface area contributed by atoms with E-state index in [-0.39, 0.29) is 5.92 Å². The molecular formula is C14H21N3S. The number of hydrogen-bond donors (Lipinski definition) is 0. The molecule has 0 spiro atoms. The first-order chi connectivity index (χ1) is 8.70. The molecule has 98 valence electrons. The number of nitriles is 1. The molecule has 0 bridgehead atoms. The number of nitrogens with zero attached hydrogens (tertiary/aromatic N) is 3. The lowest BCUT2D eigenvalue weighted by Crippen LogP contribution is -2.36. The zero-order chi connectivity index (χ0) is 13.0. The summed E-state index contributed by atoms with van der Waals surface area (Å²) in [5, 5.41) is 12.6. The van der Waals surface area contributed by atoms with Gasteiger partial charge in [0.2, 0.25) is 0 Å². The Kier molecular flexibility index (Phi) is 4.73. The maximum atomic E-state index is 9.32. The van der Waals surface area contributed by atoms with E-state index in [1.54, 1.807) is 11.3 Å². The van der Waals surface area contributed by atoms with Crippen molar-refractivity contribution in [2.24, 2.45) is 5.92 Å². The molecule has 1 saturated carbocycles. The highest BCUT2D eigenvalue weighted by Crippen LogP contribution is 2.27. The van der Waals surface area contributed by atoms with Crippen molar-refractivity contribution in [3.63, 3.8) is 0 Å². The Hall–Kier alpha value is -0.920. The molecule has 3 nitrogen and oxygen atoms in total. The van der Waals surface area contributed by atoms with Gasteiger partial charge in [-0.3, -0.25) is 4.90 Å². The number of hydrogen-bond acceptors (Lipinski definition) is 4. The summed E-state index contributed by atoms with van der Waals surface area (Å²) in [6.07, 6.45) is 5.94. The normalized spacial score (nSPS) is 24.8. The Morgan fingerprint density at radius 1 is 1.44 bits per heavy atom. The van der Waals surface area contributed by atoms with Crippen LogP contribution >= 0.6 is 11.3 Å². The van der Waals surface area contributed by atoms with E-state index in [0.717, 1.165) is 30.1 Å². The van der Waals surface area contributed by atoms with Crippen LogP contribution < -0.4 is 0 Å². The van der Waals surface area contributed by atoms with Gasteiger partial charge in [-0.15, -0.1) is 11.3 Å². The molecule has 1 heterocycles. The zero-order valence-corrected chi connectivity index (χ0v) is 12.0. The molecule has 0 N–H and O–H groups in total. The van der Waals surface area contributed by atoms with Crippen molar-refractivity contribution < 1.29 is 0 Å². The number of rotatable bonds is 3. The summed E-state index contributed by atoms with van der Waals surface area (Å²) in [6.45, 7) is 2.91. The molecule has 4 heteroatoms. The molecule has 18 heavy (non-hydrogen) atoms. The van der Waals surface area contributed by atoms with Gasteiger partial charge in [-0.05, 0) is 26.8 Å². The van der Waals surface area contributed by atoms with Crippen molar-refractivity contribution in [1.29, 1.82) is 5.26 Å². The highest BCUT2D eigenvalue weighted by Gasteiger charge is 2.27. The van der Waals surface area contributed by atoms with Crippen LogP contribution in [0.25, 0.3) is 0 Å². The molecule has 2 rings (SSSR count). The van der Waals surface area contributed by atoms with E-state index in [1.165, 1.54) is 19.3 Å². The highest BCUT2D eigenvalue weighted by atomic mass is 32.1. The molecule has 2 atom stereocenters. The van der Waals surface area contributed by atoms with Crippen molar-refractivity contribution in [3.05, 3.63) is 16.1 Å². The molecule has 1 fully saturated rings. The lowest BCUT2D eigenvalue weighted by atomic mass is 9.95. The van der Waals surface area contributed by atoms with Crippen LogP contribution in [0.4, 0.5) is 0 Å². The number of thiazole rings is 1. The number of aryl methyl sites for hydroxylation is 1. The van der Waals surface area contributed by atoms with Gasteiger partial charge in [0.15, 0.2) is 0 Å². The van der Waals surface area contributed by atoms with Crippen LogP contribution in [-0.4, -0.2) is 23.0 Å². The first-order valence-electron chi connectivity index (χ1n) is 6.71. The predicted octanol–water partition coefficient (Wildman–Crippen LogP) is 3.36. The SMILES string of the molecule is Cc1nc(CN(C)C2CCCCCC2C#N)cs1. The molecule has 1 aromatic heterocycles. The minimum absolute atomic E-state index is 0.192. The third kappa shape index (κ3) is 3.30. The van der Waals surface area contributed by atoms with Crippen LogP contribution in [0.5, 0.6) is 0 Å².